The maximum atomic E-state index is 2.48. The predicted octanol–water partition coefficient (Wildman–Crippen LogP) is 1.71. The Labute approximate surface area is 100 Å². The van der Waals surface area contributed by atoms with E-state index in [2.05, 4.69) is 28.2 Å². The van der Waals surface area contributed by atoms with Crippen LogP contribution in [0.4, 0.5) is 0 Å². The minimum atomic E-state index is 0.954. The van der Waals surface area contributed by atoms with Gasteiger partial charge in [0.15, 0.2) is 0 Å². The third-order valence-electron chi connectivity index (χ3n) is 5.96. The molecule has 92 valence electrons. The zero-order valence-electron chi connectivity index (χ0n) is 11.4. The molecule has 5 saturated heterocycles. The van der Waals surface area contributed by atoms with Crippen molar-refractivity contribution < 1.29 is 8.97 Å². The van der Waals surface area contributed by atoms with Crippen molar-refractivity contribution in [3.8, 4) is 0 Å². The van der Waals surface area contributed by atoms with Gasteiger partial charge in [0, 0.05) is 12.8 Å². The van der Waals surface area contributed by atoms with Gasteiger partial charge in [-0.3, -0.25) is 0 Å². The Morgan fingerprint density at radius 1 is 0.625 bits per heavy atom. The van der Waals surface area contributed by atoms with E-state index < -0.39 is 0 Å². The second-order valence-electron chi connectivity index (χ2n) is 7.73. The van der Waals surface area contributed by atoms with Gasteiger partial charge in [0.1, 0.15) is 0 Å². The second-order valence-corrected chi connectivity index (χ2v) is 7.73. The van der Waals surface area contributed by atoms with Gasteiger partial charge in [-0.25, -0.2) is 0 Å². The van der Waals surface area contributed by atoms with Gasteiger partial charge in [-0.1, -0.05) is 0 Å². The van der Waals surface area contributed by atoms with Gasteiger partial charge in [-0.2, -0.15) is 0 Å². The number of hydrogen-bond acceptors (Lipinski definition) is 0. The summed E-state index contributed by atoms with van der Waals surface area (Å²) in [5.74, 6) is 1.98. The van der Waals surface area contributed by atoms with E-state index in [1.54, 1.807) is 0 Å². The standard InChI is InChI=1S/C14H28N2/c1-15(2)9-11-5-7-13(15)12-6-8-14(11)16(3,4)10-12/h11-14H,5-10H2,1-4H3/q+2/t11-,12+,13+,14-. The molecule has 1 saturated carbocycles. The van der Waals surface area contributed by atoms with Crippen molar-refractivity contribution in [2.75, 3.05) is 41.3 Å². The van der Waals surface area contributed by atoms with Crippen LogP contribution in [0.1, 0.15) is 25.7 Å². The monoisotopic (exact) mass is 224 g/mol. The molecule has 0 unspecified atom stereocenters. The molecule has 4 bridgehead atoms. The van der Waals surface area contributed by atoms with Gasteiger partial charge < -0.3 is 8.97 Å². The van der Waals surface area contributed by atoms with Crippen LogP contribution < -0.4 is 0 Å². The molecule has 0 spiro atoms. The highest BCUT2D eigenvalue weighted by Crippen LogP contribution is 2.45. The lowest BCUT2D eigenvalue weighted by Gasteiger charge is -2.59. The lowest BCUT2D eigenvalue weighted by Crippen LogP contribution is -2.70. The van der Waals surface area contributed by atoms with Gasteiger partial charge >= 0.3 is 0 Å². The normalized spacial score (nSPS) is 48.8. The molecule has 2 nitrogen and oxygen atoms in total. The Morgan fingerprint density at radius 3 is 1.31 bits per heavy atom. The molecule has 1 aliphatic carbocycles. The van der Waals surface area contributed by atoms with Gasteiger partial charge in [0.25, 0.3) is 0 Å². The fourth-order valence-corrected chi connectivity index (χ4v) is 5.37. The van der Waals surface area contributed by atoms with Crippen LogP contribution in [0.25, 0.3) is 0 Å². The summed E-state index contributed by atoms with van der Waals surface area (Å²) in [5, 5.41) is 0. The second kappa shape index (κ2) is 3.23. The van der Waals surface area contributed by atoms with Crippen molar-refractivity contribution in [3.63, 3.8) is 0 Å². The van der Waals surface area contributed by atoms with Crippen molar-refractivity contribution >= 4 is 0 Å². The average molecular weight is 224 g/mol. The molecule has 6 aliphatic rings. The van der Waals surface area contributed by atoms with Crippen LogP contribution in [0.3, 0.4) is 0 Å². The largest absolute Gasteiger partial charge is 0.325 e. The Bertz CT molecular complexity index is 265. The van der Waals surface area contributed by atoms with Gasteiger partial charge in [0.2, 0.25) is 0 Å². The van der Waals surface area contributed by atoms with Crippen molar-refractivity contribution in [1.29, 1.82) is 0 Å². The Balaban J connectivity index is 1.99. The van der Waals surface area contributed by atoms with Crippen molar-refractivity contribution in [1.82, 2.24) is 0 Å². The lowest BCUT2D eigenvalue weighted by molar-refractivity contribution is -0.977. The van der Waals surface area contributed by atoms with E-state index in [0.717, 1.165) is 23.9 Å². The van der Waals surface area contributed by atoms with E-state index in [9.17, 15) is 0 Å². The topological polar surface area (TPSA) is 0 Å². The summed E-state index contributed by atoms with van der Waals surface area (Å²) >= 11 is 0. The van der Waals surface area contributed by atoms with Crippen LogP contribution in [0, 0.1) is 11.8 Å². The third kappa shape index (κ3) is 1.46. The van der Waals surface area contributed by atoms with E-state index in [4.69, 9.17) is 0 Å². The molecule has 16 heavy (non-hydrogen) atoms. The molecule has 0 aromatic rings. The minimum Gasteiger partial charge on any atom is -0.325 e. The first kappa shape index (κ1) is 11.0. The number of rotatable bonds is 0. The molecular formula is C14H28N2+2. The highest BCUT2D eigenvalue weighted by Gasteiger charge is 2.55. The molecule has 0 radical (unpaired) electrons. The molecule has 6 rings (SSSR count). The fraction of sp³-hybridized carbons (Fsp3) is 1.00. The fourth-order valence-electron chi connectivity index (χ4n) is 5.37. The van der Waals surface area contributed by atoms with E-state index in [1.807, 2.05) is 0 Å². The number of nitrogens with zero attached hydrogens (tertiary/aromatic N) is 2. The summed E-state index contributed by atoms with van der Waals surface area (Å²) in [6.07, 6.45) is 6.02. The lowest BCUT2D eigenvalue weighted by atomic mass is 9.70. The van der Waals surface area contributed by atoms with Crippen LogP contribution in [0.5, 0.6) is 0 Å². The average Bonchev–Trinajstić information content (AvgIpc) is 2.10. The van der Waals surface area contributed by atoms with Crippen molar-refractivity contribution in [2.45, 2.75) is 37.8 Å². The maximum absolute atomic E-state index is 2.48. The quantitative estimate of drug-likeness (QED) is 0.550. The number of quaternary nitrogens is 2. The van der Waals surface area contributed by atoms with E-state index in [-0.39, 0.29) is 0 Å². The van der Waals surface area contributed by atoms with Crippen LogP contribution in [-0.2, 0) is 0 Å². The molecule has 0 N–H and O–H groups in total. The van der Waals surface area contributed by atoms with Crippen LogP contribution in [0.15, 0.2) is 0 Å². The zero-order valence-corrected chi connectivity index (χ0v) is 11.4. The SMILES string of the molecule is C[N+]1(C)C[C@@H]2CC[C@@H]1[C@@H]1CC[C@@H]2[N+](C)(C)C1. The van der Waals surface area contributed by atoms with Crippen LogP contribution in [-0.4, -0.2) is 62.3 Å². The summed E-state index contributed by atoms with van der Waals surface area (Å²) in [6.45, 7) is 2.88. The minimum absolute atomic E-state index is 0.954. The number of hydrogen-bond donors (Lipinski definition) is 0. The summed E-state index contributed by atoms with van der Waals surface area (Å²) in [7, 11) is 9.93. The van der Waals surface area contributed by atoms with Gasteiger partial charge in [-0.05, 0) is 12.8 Å². The molecule has 0 aromatic heterocycles. The maximum Gasteiger partial charge on any atom is 0.0969 e. The first-order chi connectivity index (χ1) is 7.40. The molecule has 6 fully saturated rings. The first-order valence-electron chi connectivity index (χ1n) is 7.05. The summed E-state index contributed by atoms with van der Waals surface area (Å²) < 4.78 is 2.62. The Morgan fingerprint density at radius 2 is 1.00 bits per heavy atom. The molecule has 5 heterocycles. The summed E-state index contributed by atoms with van der Waals surface area (Å²) in [4.78, 5) is 0. The first-order valence-corrected chi connectivity index (χ1v) is 7.05. The molecule has 4 atom stereocenters. The molecule has 2 heteroatoms. The highest BCUT2D eigenvalue weighted by molar-refractivity contribution is 4.89. The molecular weight excluding hydrogens is 196 g/mol. The third-order valence-corrected chi connectivity index (χ3v) is 5.96. The van der Waals surface area contributed by atoms with Crippen molar-refractivity contribution in [2.24, 2.45) is 11.8 Å². The van der Waals surface area contributed by atoms with Crippen LogP contribution in [0.2, 0.25) is 0 Å². The summed E-state index contributed by atoms with van der Waals surface area (Å²) in [6, 6.07) is 1.91. The Hall–Kier alpha value is -0.0800. The highest BCUT2D eigenvalue weighted by atomic mass is 15.4. The number of piperidine rings is 2. The van der Waals surface area contributed by atoms with Crippen LogP contribution >= 0.6 is 0 Å². The smallest absolute Gasteiger partial charge is 0.0969 e. The summed E-state index contributed by atoms with van der Waals surface area (Å²) in [5.41, 5.74) is 0. The molecule has 0 aromatic carbocycles. The van der Waals surface area contributed by atoms with Crippen molar-refractivity contribution in [3.05, 3.63) is 0 Å². The van der Waals surface area contributed by atoms with Gasteiger partial charge in [-0.15, -0.1) is 0 Å². The molecule has 0 amide bonds. The van der Waals surface area contributed by atoms with E-state index in [1.165, 1.54) is 47.7 Å². The molecule has 5 aliphatic heterocycles. The zero-order chi connectivity index (χ0) is 11.6. The van der Waals surface area contributed by atoms with E-state index in [0.29, 0.717) is 0 Å². The van der Waals surface area contributed by atoms with Gasteiger partial charge in [0.05, 0.1) is 65.2 Å². The Kier molecular flexibility index (Phi) is 2.23. The predicted molar refractivity (Wildman–Crippen MR) is 67.0 cm³/mol. The van der Waals surface area contributed by atoms with E-state index >= 15 is 0 Å².